The minimum atomic E-state index is -0.549. The molecule has 0 unspecified atom stereocenters. The van der Waals surface area contributed by atoms with Gasteiger partial charge in [0.25, 0.3) is 0 Å². The van der Waals surface area contributed by atoms with Crippen molar-refractivity contribution in [2.75, 3.05) is 29.9 Å². The van der Waals surface area contributed by atoms with Crippen LogP contribution >= 0.6 is 0 Å². The fourth-order valence-electron chi connectivity index (χ4n) is 3.70. The number of rotatable bonds is 7. The molecular formula is C23H29F2N3O. The summed E-state index contributed by atoms with van der Waals surface area (Å²) >= 11 is 0. The van der Waals surface area contributed by atoms with Crippen LogP contribution in [0.1, 0.15) is 37.8 Å². The third kappa shape index (κ3) is 5.05. The van der Waals surface area contributed by atoms with Gasteiger partial charge in [0, 0.05) is 37.6 Å². The molecule has 1 fully saturated rings. The number of halogens is 2. The van der Waals surface area contributed by atoms with Gasteiger partial charge >= 0.3 is 0 Å². The second-order valence-corrected chi connectivity index (χ2v) is 7.89. The first-order chi connectivity index (χ1) is 13.9. The molecule has 1 saturated heterocycles. The van der Waals surface area contributed by atoms with Crippen molar-refractivity contribution in [3.05, 3.63) is 53.1 Å². The molecule has 156 valence electrons. The van der Waals surface area contributed by atoms with E-state index in [4.69, 9.17) is 0 Å². The van der Waals surface area contributed by atoms with E-state index in [-0.39, 0.29) is 5.69 Å². The van der Waals surface area contributed by atoms with E-state index >= 15 is 0 Å². The number of benzene rings is 2. The Labute approximate surface area is 171 Å². The van der Waals surface area contributed by atoms with Crippen molar-refractivity contribution in [3.8, 4) is 0 Å². The lowest BCUT2D eigenvalue weighted by Gasteiger charge is -2.32. The van der Waals surface area contributed by atoms with Crippen molar-refractivity contribution in [2.45, 2.75) is 40.2 Å². The quantitative estimate of drug-likeness (QED) is 0.645. The largest absolute Gasteiger partial charge is 0.367 e. The van der Waals surface area contributed by atoms with Gasteiger partial charge in [0.05, 0.1) is 0 Å². The zero-order valence-corrected chi connectivity index (χ0v) is 17.3. The summed E-state index contributed by atoms with van der Waals surface area (Å²) in [6, 6.07) is 8.41. The van der Waals surface area contributed by atoms with Crippen molar-refractivity contribution in [1.29, 1.82) is 0 Å². The lowest BCUT2D eigenvalue weighted by Crippen LogP contribution is -2.34. The van der Waals surface area contributed by atoms with Crippen LogP contribution in [-0.4, -0.2) is 30.9 Å². The SMILES string of the molecule is CCN(C=O)Cc1cc(Nc2cc(F)c(N3CCC(C)CC3)c(F)c2)ccc1C. The number of aryl methyl sites for hydroxylation is 1. The van der Waals surface area contributed by atoms with Crippen molar-refractivity contribution in [2.24, 2.45) is 5.92 Å². The Morgan fingerprint density at radius 1 is 1.14 bits per heavy atom. The van der Waals surface area contributed by atoms with Gasteiger partial charge in [-0.05, 0) is 68.0 Å². The van der Waals surface area contributed by atoms with Gasteiger partial charge in [0.15, 0.2) is 11.6 Å². The molecule has 0 spiro atoms. The number of carbonyl (C=O) groups excluding carboxylic acids is 1. The predicted molar refractivity (Wildman–Crippen MR) is 114 cm³/mol. The van der Waals surface area contributed by atoms with Crippen LogP contribution in [0.2, 0.25) is 0 Å². The molecule has 0 bridgehead atoms. The molecule has 0 aliphatic carbocycles. The summed E-state index contributed by atoms with van der Waals surface area (Å²) in [4.78, 5) is 14.6. The van der Waals surface area contributed by atoms with Crippen molar-refractivity contribution in [3.63, 3.8) is 0 Å². The first-order valence-corrected chi connectivity index (χ1v) is 10.2. The number of amides is 1. The van der Waals surface area contributed by atoms with E-state index in [9.17, 15) is 13.6 Å². The molecular weight excluding hydrogens is 372 g/mol. The summed E-state index contributed by atoms with van der Waals surface area (Å²) in [6.45, 7) is 8.53. The fourth-order valence-corrected chi connectivity index (χ4v) is 3.70. The number of nitrogens with one attached hydrogen (secondary N) is 1. The molecule has 3 rings (SSSR count). The molecule has 6 heteroatoms. The number of carbonyl (C=O) groups is 1. The Kier molecular flexibility index (Phi) is 6.72. The Bertz CT molecular complexity index is 840. The van der Waals surface area contributed by atoms with Gasteiger partial charge in [0.1, 0.15) is 5.69 Å². The Morgan fingerprint density at radius 2 is 1.79 bits per heavy atom. The lowest BCUT2D eigenvalue weighted by atomic mass is 9.98. The van der Waals surface area contributed by atoms with Crippen LogP contribution in [0.15, 0.2) is 30.3 Å². The third-order valence-corrected chi connectivity index (χ3v) is 5.68. The molecule has 1 amide bonds. The first-order valence-electron chi connectivity index (χ1n) is 10.2. The van der Waals surface area contributed by atoms with E-state index in [2.05, 4.69) is 12.2 Å². The number of anilines is 3. The lowest BCUT2D eigenvalue weighted by molar-refractivity contribution is -0.118. The maximum Gasteiger partial charge on any atom is 0.209 e. The minimum absolute atomic E-state index is 0.0663. The van der Waals surface area contributed by atoms with E-state index < -0.39 is 11.6 Å². The predicted octanol–water partition coefficient (Wildman–Crippen LogP) is 5.23. The molecule has 0 atom stereocenters. The molecule has 1 aliphatic heterocycles. The van der Waals surface area contributed by atoms with Crippen LogP contribution < -0.4 is 10.2 Å². The van der Waals surface area contributed by atoms with Gasteiger partial charge < -0.3 is 15.1 Å². The van der Waals surface area contributed by atoms with E-state index in [0.29, 0.717) is 37.8 Å². The van der Waals surface area contributed by atoms with Crippen LogP contribution in [-0.2, 0) is 11.3 Å². The summed E-state index contributed by atoms with van der Waals surface area (Å²) in [5, 5.41) is 3.09. The molecule has 0 radical (unpaired) electrons. The summed E-state index contributed by atoms with van der Waals surface area (Å²) in [6.07, 6.45) is 2.71. The van der Waals surface area contributed by atoms with E-state index in [1.54, 1.807) is 9.80 Å². The first kappa shape index (κ1) is 21.1. The molecule has 1 N–H and O–H groups in total. The highest BCUT2D eigenvalue weighted by atomic mass is 19.1. The van der Waals surface area contributed by atoms with Crippen LogP contribution in [0.5, 0.6) is 0 Å². The molecule has 0 aromatic heterocycles. The topological polar surface area (TPSA) is 35.6 Å². The standard InChI is InChI=1S/C23H29F2N3O/c1-4-27(15-29)14-18-11-19(6-5-17(18)3)26-20-12-21(24)23(22(25)13-20)28-9-7-16(2)8-10-28/h5-6,11-13,15-16,26H,4,7-10,14H2,1-3H3. The van der Waals surface area contributed by atoms with Crippen molar-refractivity contribution >= 4 is 23.5 Å². The number of hydrogen-bond acceptors (Lipinski definition) is 3. The number of hydrogen-bond donors (Lipinski definition) is 1. The summed E-state index contributed by atoms with van der Waals surface area (Å²) in [5.41, 5.74) is 3.21. The number of piperidine rings is 1. The Hall–Kier alpha value is -2.63. The second kappa shape index (κ2) is 9.25. The molecule has 1 heterocycles. The zero-order chi connectivity index (χ0) is 21.0. The van der Waals surface area contributed by atoms with Gasteiger partial charge in [-0.25, -0.2) is 8.78 Å². The van der Waals surface area contributed by atoms with Crippen molar-refractivity contribution in [1.82, 2.24) is 4.90 Å². The highest BCUT2D eigenvalue weighted by molar-refractivity contribution is 5.65. The molecule has 1 aliphatic rings. The molecule has 2 aromatic carbocycles. The van der Waals surface area contributed by atoms with Gasteiger partial charge in [-0.2, -0.15) is 0 Å². The number of nitrogens with zero attached hydrogens (tertiary/aromatic N) is 2. The highest BCUT2D eigenvalue weighted by Crippen LogP contribution is 2.32. The van der Waals surface area contributed by atoms with Gasteiger partial charge in [-0.15, -0.1) is 0 Å². The van der Waals surface area contributed by atoms with Crippen molar-refractivity contribution < 1.29 is 13.6 Å². The second-order valence-electron chi connectivity index (χ2n) is 7.89. The minimum Gasteiger partial charge on any atom is -0.367 e. The van der Waals surface area contributed by atoms with Crippen LogP contribution in [0.25, 0.3) is 0 Å². The Morgan fingerprint density at radius 3 is 2.38 bits per heavy atom. The summed E-state index contributed by atoms with van der Waals surface area (Å²) in [7, 11) is 0. The van der Waals surface area contributed by atoms with E-state index in [0.717, 1.165) is 36.1 Å². The normalized spacial score (nSPS) is 14.7. The smallest absolute Gasteiger partial charge is 0.209 e. The van der Waals surface area contributed by atoms with Gasteiger partial charge in [-0.1, -0.05) is 13.0 Å². The van der Waals surface area contributed by atoms with Crippen LogP contribution in [0.3, 0.4) is 0 Å². The van der Waals surface area contributed by atoms with Crippen LogP contribution in [0, 0.1) is 24.5 Å². The average Bonchev–Trinajstić information content (AvgIpc) is 2.69. The Balaban J connectivity index is 1.79. The zero-order valence-electron chi connectivity index (χ0n) is 17.3. The maximum absolute atomic E-state index is 14.7. The third-order valence-electron chi connectivity index (χ3n) is 5.68. The van der Waals surface area contributed by atoms with Crippen LogP contribution in [0.4, 0.5) is 25.8 Å². The molecule has 0 saturated carbocycles. The molecule has 2 aromatic rings. The maximum atomic E-state index is 14.7. The van der Waals surface area contributed by atoms with E-state index in [1.165, 1.54) is 12.1 Å². The van der Waals surface area contributed by atoms with Gasteiger partial charge in [-0.3, -0.25) is 4.79 Å². The fraction of sp³-hybridized carbons (Fsp3) is 0.435. The van der Waals surface area contributed by atoms with Gasteiger partial charge in [0.2, 0.25) is 6.41 Å². The highest BCUT2D eigenvalue weighted by Gasteiger charge is 2.22. The summed E-state index contributed by atoms with van der Waals surface area (Å²) in [5.74, 6) is -0.503. The van der Waals surface area contributed by atoms with E-state index in [1.807, 2.05) is 32.0 Å². The molecule has 4 nitrogen and oxygen atoms in total. The monoisotopic (exact) mass is 401 g/mol. The molecule has 29 heavy (non-hydrogen) atoms. The summed E-state index contributed by atoms with van der Waals surface area (Å²) < 4.78 is 29.5. The average molecular weight is 402 g/mol.